The normalized spacial score (nSPS) is 18.8. The molecule has 1 aliphatic rings. The van der Waals surface area contributed by atoms with E-state index in [4.69, 9.17) is 4.74 Å². The maximum absolute atomic E-state index is 12.9. The van der Waals surface area contributed by atoms with Gasteiger partial charge >= 0.3 is 6.18 Å². The summed E-state index contributed by atoms with van der Waals surface area (Å²) in [5, 5.41) is 0.772. The molecule has 0 radical (unpaired) electrons. The summed E-state index contributed by atoms with van der Waals surface area (Å²) in [6.45, 7) is 0.339. The minimum Gasteiger partial charge on any atom is -0.492 e. The van der Waals surface area contributed by atoms with Gasteiger partial charge in [-0.2, -0.15) is 13.2 Å². The highest BCUT2D eigenvalue weighted by molar-refractivity contribution is 9.09. The molecular weight excluding hydrogens is 333 g/mol. The molecule has 1 aliphatic carbocycles. The second-order valence-corrected chi connectivity index (χ2v) is 6.04. The molecule has 1 saturated carbocycles. The summed E-state index contributed by atoms with van der Waals surface area (Å²) in [6.07, 6.45) is 1.09. The van der Waals surface area contributed by atoms with Gasteiger partial charge < -0.3 is 4.74 Å². The van der Waals surface area contributed by atoms with Crippen molar-refractivity contribution in [3.63, 3.8) is 0 Å². The Balaban J connectivity index is 2.10. The Bertz CT molecular complexity index is 439. The van der Waals surface area contributed by atoms with Gasteiger partial charge in [-0.1, -0.05) is 47.3 Å². The Kier molecular flexibility index (Phi) is 4.99. The Morgan fingerprint density at radius 3 is 2.35 bits per heavy atom. The van der Waals surface area contributed by atoms with E-state index in [1.807, 2.05) is 0 Å². The highest BCUT2D eigenvalue weighted by Crippen LogP contribution is 2.40. The molecule has 0 saturated heterocycles. The zero-order valence-corrected chi connectivity index (χ0v) is 12.8. The molecule has 0 unspecified atom stereocenters. The molecule has 1 aromatic rings. The molecule has 0 aromatic heterocycles. The van der Waals surface area contributed by atoms with Gasteiger partial charge in [0.1, 0.15) is 5.75 Å². The van der Waals surface area contributed by atoms with Crippen LogP contribution >= 0.6 is 15.9 Å². The van der Waals surface area contributed by atoms with E-state index in [2.05, 4.69) is 15.9 Å². The van der Waals surface area contributed by atoms with Crippen molar-refractivity contribution in [2.75, 3.05) is 11.9 Å². The summed E-state index contributed by atoms with van der Waals surface area (Å²) in [5.41, 5.74) is -0.725. The highest BCUT2D eigenvalue weighted by atomic mass is 79.9. The van der Waals surface area contributed by atoms with E-state index in [-0.39, 0.29) is 11.2 Å². The standard InChI is InChI=1S/C15H18BrF3O/c16-10-14(8-4-1-5-9-14)11-20-13-7-3-2-6-12(13)15(17,18)19/h2-3,6-7H,1,4-5,8-11H2. The van der Waals surface area contributed by atoms with Crippen LogP contribution in [0, 0.1) is 5.41 Å². The number of halogens is 4. The van der Waals surface area contributed by atoms with Crippen LogP contribution in [0.5, 0.6) is 5.75 Å². The van der Waals surface area contributed by atoms with Crippen LogP contribution < -0.4 is 4.74 Å². The van der Waals surface area contributed by atoms with Crippen molar-refractivity contribution in [2.45, 2.75) is 38.3 Å². The third-order valence-electron chi connectivity index (χ3n) is 3.92. The van der Waals surface area contributed by atoms with Crippen molar-refractivity contribution in [2.24, 2.45) is 5.41 Å². The molecule has 0 N–H and O–H groups in total. The number of hydrogen-bond donors (Lipinski definition) is 0. The van der Waals surface area contributed by atoms with Crippen molar-refractivity contribution in [3.05, 3.63) is 29.8 Å². The van der Waals surface area contributed by atoms with Crippen LogP contribution in [-0.4, -0.2) is 11.9 Å². The van der Waals surface area contributed by atoms with Crippen molar-refractivity contribution >= 4 is 15.9 Å². The second kappa shape index (κ2) is 6.37. The van der Waals surface area contributed by atoms with Crippen LogP contribution in [0.1, 0.15) is 37.7 Å². The van der Waals surface area contributed by atoms with Crippen LogP contribution in [0.3, 0.4) is 0 Å². The van der Waals surface area contributed by atoms with Crippen LogP contribution in [0.15, 0.2) is 24.3 Å². The maximum atomic E-state index is 12.9. The average Bonchev–Trinajstić information content (AvgIpc) is 2.45. The first-order chi connectivity index (χ1) is 9.47. The smallest absolute Gasteiger partial charge is 0.419 e. The van der Waals surface area contributed by atoms with Crippen LogP contribution in [-0.2, 0) is 6.18 Å². The van der Waals surface area contributed by atoms with Crippen molar-refractivity contribution in [1.82, 2.24) is 0 Å². The predicted octanol–water partition coefficient (Wildman–Crippen LogP) is 5.43. The lowest BCUT2D eigenvalue weighted by Gasteiger charge is -2.35. The molecule has 20 heavy (non-hydrogen) atoms. The zero-order chi connectivity index (χ0) is 14.6. The van der Waals surface area contributed by atoms with E-state index < -0.39 is 11.7 Å². The lowest BCUT2D eigenvalue weighted by Crippen LogP contribution is -2.33. The summed E-state index contributed by atoms with van der Waals surface area (Å²) >= 11 is 3.50. The minimum absolute atomic E-state index is 0.0308. The van der Waals surface area contributed by atoms with Crippen LogP contribution in [0.2, 0.25) is 0 Å². The number of para-hydroxylation sites is 1. The molecule has 0 amide bonds. The second-order valence-electron chi connectivity index (χ2n) is 5.48. The summed E-state index contributed by atoms with van der Waals surface area (Å²) in [7, 11) is 0. The molecule has 0 spiro atoms. The Labute approximate surface area is 125 Å². The topological polar surface area (TPSA) is 9.23 Å². The number of rotatable bonds is 4. The van der Waals surface area contributed by atoms with Gasteiger partial charge in [0.25, 0.3) is 0 Å². The number of ether oxygens (including phenoxy) is 1. The molecule has 5 heteroatoms. The number of alkyl halides is 4. The third kappa shape index (κ3) is 3.68. The molecule has 0 atom stereocenters. The van der Waals surface area contributed by atoms with Gasteiger partial charge in [-0.3, -0.25) is 0 Å². The van der Waals surface area contributed by atoms with Crippen molar-refractivity contribution in [1.29, 1.82) is 0 Å². The van der Waals surface area contributed by atoms with Crippen LogP contribution in [0.4, 0.5) is 13.2 Å². The Hall–Kier alpha value is -0.710. The number of benzene rings is 1. The van der Waals surface area contributed by atoms with Gasteiger partial charge in [-0.25, -0.2) is 0 Å². The first kappa shape index (κ1) is 15.7. The van der Waals surface area contributed by atoms with E-state index >= 15 is 0 Å². The minimum atomic E-state index is -4.37. The van der Waals surface area contributed by atoms with Gasteiger partial charge in [-0.15, -0.1) is 0 Å². The Morgan fingerprint density at radius 1 is 1.10 bits per heavy atom. The molecule has 1 fully saturated rings. The average molecular weight is 351 g/mol. The zero-order valence-electron chi connectivity index (χ0n) is 11.2. The van der Waals surface area contributed by atoms with Gasteiger partial charge in [0, 0.05) is 10.7 Å². The summed E-state index contributed by atoms with van der Waals surface area (Å²) in [5.74, 6) is -0.0640. The van der Waals surface area contributed by atoms with Gasteiger partial charge in [0.15, 0.2) is 0 Å². The maximum Gasteiger partial charge on any atom is 0.419 e. The first-order valence-corrected chi connectivity index (χ1v) is 7.94. The summed E-state index contributed by atoms with van der Waals surface area (Å²) in [6, 6.07) is 5.42. The molecule has 1 nitrogen and oxygen atoms in total. The van der Waals surface area contributed by atoms with E-state index in [1.54, 1.807) is 6.07 Å². The lowest BCUT2D eigenvalue weighted by atomic mass is 9.76. The lowest BCUT2D eigenvalue weighted by molar-refractivity contribution is -0.139. The highest BCUT2D eigenvalue weighted by Gasteiger charge is 2.36. The van der Waals surface area contributed by atoms with E-state index in [0.717, 1.165) is 37.1 Å². The van der Waals surface area contributed by atoms with E-state index in [1.165, 1.54) is 18.6 Å². The van der Waals surface area contributed by atoms with E-state index in [9.17, 15) is 13.2 Å². The molecule has 112 valence electrons. The largest absolute Gasteiger partial charge is 0.492 e. The first-order valence-electron chi connectivity index (χ1n) is 6.82. The van der Waals surface area contributed by atoms with Crippen molar-refractivity contribution < 1.29 is 17.9 Å². The molecule has 1 aromatic carbocycles. The van der Waals surface area contributed by atoms with Gasteiger partial charge in [-0.05, 0) is 25.0 Å². The Morgan fingerprint density at radius 2 is 1.75 bits per heavy atom. The fourth-order valence-electron chi connectivity index (χ4n) is 2.68. The fourth-order valence-corrected chi connectivity index (χ4v) is 3.40. The van der Waals surface area contributed by atoms with Gasteiger partial charge in [0.2, 0.25) is 0 Å². The van der Waals surface area contributed by atoms with Crippen molar-refractivity contribution in [3.8, 4) is 5.75 Å². The third-order valence-corrected chi connectivity index (χ3v) is 5.11. The number of hydrogen-bond acceptors (Lipinski definition) is 1. The molecule has 2 rings (SSSR count). The quantitative estimate of drug-likeness (QED) is 0.658. The summed E-state index contributed by atoms with van der Waals surface area (Å²) in [4.78, 5) is 0. The predicted molar refractivity (Wildman–Crippen MR) is 76.3 cm³/mol. The van der Waals surface area contributed by atoms with E-state index in [0.29, 0.717) is 6.61 Å². The fraction of sp³-hybridized carbons (Fsp3) is 0.600. The molecule has 0 aliphatic heterocycles. The molecule has 0 bridgehead atoms. The molecular formula is C15H18BrF3O. The van der Waals surface area contributed by atoms with Crippen LogP contribution in [0.25, 0.3) is 0 Å². The summed E-state index contributed by atoms with van der Waals surface area (Å²) < 4.78 is 44.3. The molecule has 0 heterocycles. The monoisotopic (exact) mass is 350 g/mol. The van der Waals surface area contributed by atoms with Gasteiger partial charge in [0.05, 0.1) is 12.2 Å². The SMILES string of the molecule is FC(F)(F)c1ccccc1OCC1(CBr)CCCCC1.